The first-order valence-corrected chi connectivity index (χ1v) is 8.20. The molecule has 0 bridgehead atoms. The van der Waals surface area contributed by atoms with Gasteiger partial charge in [-0.25, -0.2) is 4.98 Å². The Bertz CT molecular complexity index is 497. The van der Waals surface area contributed by atoms with Crippen LogP contribution < -0.4 is 10.2 Å². The van der Waals surface area contributed by atoms with Crippen LogP contribution in [0.25, 0.3) is 0 Å². The lowest BCUT2D eigenvalue weighted by molar-refractivity contribution is -0.129. The topological polar surface area (TPSA) is 61.4 Å². The molecule has 0 spiro atoms. The zero-order chi connectivity index (χ0) is 15.9. The number of hydrogen-bond acceptors (Lipinski definition) is 5. The number of aryl methyl sites for hydroxylation is 1. The number of anilines is 2. The summed E-state index contributed by atoms with van der Waals surface area (Å²) in [6.45, 7) is 9.83. The number of nitrogens with one attached hydrogen (secondary N) is 1. The van der Waals surface area contributed by atoms with Crippen LogP contribution in [0.2, 0.25) is 0 Å². The molecule has 1 aliphatic heterocycles. The molecule has 1 aromatic rings. The zero-order valence-electron chi connectivity index (χ0n) is 13.9. The Morgan fingerprint density at radius 3 is 2.59 bits per heavy atom. The van der Waals surface area contributed by atoms with Gasteiger partial charge in [-0.1, -0.05) is 19.8 Å². The van der Waals surface area contributed by atoms with E-state index in [4.69, 9.17) is 0 Å². The molecule has 1 amide bonds. The van der Waals surface area contributed by atoms with Crippen molar-refractivity contribution in [3.8, 4) is 0 Å². The number of rotatable bonds is 6. The van der Waals surface area contributed by atoms with Crippen molar-refractivity contribution in [1.29, 1.82) is 0 Å². The van der Waals surface area contributed by atoms with E-state index in [0.717, 1.165) is 56.6 Å². The van der Waals surface area contributed by atoms with Crippen LogP contribution in [0, 0.1) is 6.92 Å². The molecule has 1 saturated heterocycles. The first-order valence-electron chi connectivity index (χ1n) is 8.20. The molecule has 0 radical (unpaired) electrons. The van der Waals surface area contributed by atoms with Crippen molar-refractivity contribution in [3.63, 3.8) is 0 Å². The predicted molar refractivity (Wildman–Crippen MR) is 89.3 cm³/mol. The van der Waals surface area contributed by atoms with Crippen LogP contribution in [0.1, 0.15) is 38.8 Å². The van der Waals surface area contributed by atoms with Gasteiger partial charge in [0.05, 0.1) is 0 Å². The Morgan fingerprint density at radius 1 is 1.23 bits per heavy atom. The van der Waals surface area contributed by atoms with E-state index >= 15 is 0 Å². The van der Waals surface area contributed by atoms with Crippen molar-refractivity contribution in [3.05, 3.63) is 11.8 Å². The number of carbonyl (C=O) groups excluding carboxylic acids is 1. The van der Waals surface area contributed by atoms with Crippen molar-refractivity contribution in [2.45, 2.75) is 40.0 Å². The number of carbonyl (C=O) groups is 1. The smallest absolute Gasteiger partial charge is 0.227 e. The van der Waals surface area contributed by atoms with Crippen LogP contribution >= 0.6 is 0 Å². The zero-order valence-corrected chi connectivity index (χ0v) is 13.9. The van der Waals surface area contributed by atoms with Crippen LogP contribution in [0.5, 0.6) is 0 Å². The van der Waals surface area contributed by atoms with Crippen molar-refractivity contribution < 1.29 is 4.79 Å². The van der Waals surface area contributed by atoms with E-state index in [1.54, 1.807) is 6.92 Å². The van der Waals surface area contributed by atoms with Gasteiger partial charge >= 0.3 is 0 Å². The Labute approximate surface area is 132 Å². The maximum atomic E-state index is 11.4. The molecule has 122 valence electrons. The van der Waals surface area contributed by atoms with Crippen LogP contribution in [0.3, 0.4) is 0 Å². The quantitative estimate of drug-likeness (QED) is 0.815. The van der Waals surface area contributed by atoms with E-state index in [0.29, 0.717) is 0 Å². The predicted octanol–water partition coefficient (Wildman–Crippen LogP) is 2.06. The Morgan fingerprint density at radius 2 is 1.95 bits per heavy atom. The summed E-state index contributed by atoms with van der Waals surface area (Å²) >= 11 is 0. The average Bonchev–Trinajstić information content (AvgIpc) is 2.51. The van der Waals surface area contributed by atoms with E-state index in [9.17, 15) is 4.79 Å². The Hall–Kier alpha value is -1.85. The highest BCUT2D eigenvalue weighted by Gasteiger charge is 2.20. The lowest BCUT2D eigenvalue weighted by Crippen LogP contribution is -2.48. The van der Waals surface area contributed by atoms with Crippen LogP contribution in [0.15, 0.2) is 6.07 Å². The molecule has 0 saturated carbocycles. The minimum absolute atomic E-state index is 0.142. The maximum Gasteiger partial charge on any atom is 0.227 e. The molecule has 0 unspecified atom stereocenters. The Kier molecular flexibility index (Phi) is 5.98. The number of amides is 1. The van der Waals surface area contributed by atoms with E-state index < -0.39 is 0 Å². The molecule has 0 atom stereocenters. The van der Waals surface area contributed by atoms with Gasteiger partial charge < -0.3 is 15.1 Å². The summed E-state index contributed by atoms with van der Waals surface area (Å²) in [5.74, 6) is 1.80. The van der Waals surface area contributed by atoms with Crippen LogP contribution in [0.4, 0.5) is 11.8 Å². The van der Waals surface area contributed by atoms with Gasteiger partial charge in [0.25, 0.3) is 0 Å². The minimum atomic E-state index is 0.142. The van der Waals surface area contributed by atoms with Crippen molar-refractivity contribution >= 4 is 17.7 Å². The summed E-state index contributed by atoms with van der Waals surface area (Å²) in [4.78, 5) is 24.6. The van der Waals surface area contributed by atoms with Gasteiger partial charge in [0.15, 0.2) is 0 Å². The number of unbranched alkanes of at least 4 members (excludes halogenated alkanes) is 2. The van der Waals surface area contributed by atoms with E-state index in [1.165, 1.54) is 12.8 Å². The largest absolute Gasteiger partial charge is 0.370 e. The lowest BCUT2D eigenvalue weighted by atomic mass is 10.2. The SMILES string of the molecule is CCCCCNc1cc(C)nc(N2CCN(C(C)=O)CC2)n1. The van der Waals surface area contributed by atoms with Crippen LogP contribution in [-0.4, -0.2) is 53.5 Å². The highest BCUT2D eigenvalue weighted by atomic mass is 16.2. The van der Waals surface area contributed by atoms with E-state index in [-0.39, 0.29) is 5.91 Å². The fourth-order valence-corrected chi connectivity index (χ4v) is 2.60. The normalized spacial score (nSPS) is 15.0. The first kappa shape index (κ1) is 16.5. The third-order valence-corrected chi connectivity index (χ3v) is 3.94. The van der Waals surface area contributed by atoms with E-state index in [1.807, 2.05) is 17.9 Å². The molecule has 1 N–H and O–H groups in total. The summed E-state index contributed by atoms with van der Waals surface area (Å²) < 4.78 is 0. The third kappa shape index (κ3) is 4.58. The molecule has 2 rings (SSSR count). The average molecular weight is 305 g/mol. The highest BCUT2D eigenvalue weighted by molar-refractivity contribution is 5.73. The van der Waals surface area contributed by atoms with Gasteiger partial charge in [0.1, 0.15) is 5.82 Å². The molecular formula is C16H27N5O. The van der Waals surface area contributed by atoms with Crippen molar-refractivity contribution in [2.75, 3.05) is 42.9 Å². The maximum absolute atomic E-state index is 11.4. The van der Waals surface area contributed by atoms with E-state index in [2.05, 4.69) is 27.1 Å². The van der Waals surface area contributed by atoms with Crippen LogP contribution in [-0.2, 0) is 4.79 Å². The monoisotopic (exact) mass is 305 g/mol. The molecule has 1 aliphatic rings. The number of aromatic nitrogens is 2. The number of hydrogen-bond donors (Lipinski definition) is 1. The molecule has 1 aromatic heterocycles. The summed E-state index contributed by atoms with van der Waals surface area (Å²) in [6, 6.07) is 1.99. The fraction of sp³-hybridized carbons (Fsp3) is 0.688. The molecule has 1 fully saturated rings. The summed E-state index contributed by atoms with van der Waals surface area (Å²) in [7, 11) is 0. The highest BCUT2D eigenvalue weighted by Crippen LogP contribution is 2.16. The summed E-state index contributed by atoms with van der Waals surface area (Å²) in [5.41, 5.74) is 0.969. The second-order valence-electron chi connectivity index (χ2n) is 5.82. The molecule has 2 heterocycles. The minimum Gasteiger partial charge on any atom is -0.370 e. The van der Waals surface area contributed by atoms with Gasteiger partial charge in [-0.3, -0.25) is 4.79 Å². The second-order valence-corrected chi connectivity index (χ2v) is 5.82. The molecule has 6 nitrogen and oxygen atoms in total. The summed E-state index contributed by atoms with van der Waals surface area (Å²) in [5, 5.41) is 3.38. The van der Waals surface area contributed by atoms with Crippen molar-refractivity contribution in [1.82, 2.24) is 14.9 Å². The number of nitrogens with zero attached hydrogens (tertiary/aromatic N) is 4. The van der Waals surface area contributed by atoms with Gasteiger partial charge in [-0.05, 0) is 13.3 Å². The van der Waals surface area contributed by atoms with Gasteiger partial charge in [0, 0.05) is 51.4 Å². The molecule has 6 heteroatoms. The second kappa shape index (κ2) is 7.96. The standard InChI is InChI=1S/C16H27N5O/c1-4-5-6-7-17-15-12-13(2)18-16(19-15)21-10-8-20(9-11-21)14(3)22/h12H,4-11H2,1-3H3,(H,17,18,19). The van der Waals surface area contributed by atoms with Gasteiger partial charge in [-0.15, -0.1) is 0 Å². The molecule has 0 aromatic carbocycles. The number of piperazine rings is 1. The third-order valence-electron chi connectivity index (χ3n) is 3.94. The van der Waals surface area contributed by atoms with Gasteiger partial charge in [0.2, 0.25) is 11.9 Å². The molecule has 0 aliphatic carbocycles. The van der Waals surface area contributed by atoms with Gasteiger partial charge in [-0.2, -0.15) is 4.98 Å². The fourth-order valence-electron chi connectivity index (χ4n) is 2.60. The molecular weight excluding hydrogens is 278 g/mol. The molecule has 22 heavy (non-hydrogen) atoms. The summed E-state index contributed by atoms with van der Waals surface area (Å²) in [6.07, 6.45) is 3.61. The van der Waals surface area contributed by atoms with Crippen molar-refractivity contribution in [2.24, 2.45) is 0 Å². The Balaban J connectivity index is 1.96. The first-order chi connectivity index (χ1) is 10.6. The lowest BCUT2D eigenvalue weighted by Gasteiger charge is -2.34.